The minimum Gasteiger partial charge on any atom is -0.476 e. The van der Waals surface area contributed by atoms with Crippen molar-refractivity contribution in [1.29, 1.82) is 0 Å². The lowest BCUT2D eigenvalue weighted by molar-refractivity contribution is 0.0585. The Labute approximate surface area is 189 Å². The summed E-state index contributed by atoms with van der Waals surface area (Å²) in [6.07, 6.45) is 5.65. The number of aryl methyl sites for hydroxylation is 1. The highest BCUT2D eigenvalue weighted by atomic mass is 16.4. The van der Waals surface area contributed by atoms with Crippen LogP contribution in [0.2, 0.25) is 0 Å². The van der Waals surface area contributed by atoms with Crippen LogP contribution in [0.1, 0.15) is 54.2 Å². The number of hydrogen-bond acceptors (Lipinski definition) is 5. The number of carboxylic acid groups (broad SMARTS) is 1. The molecule has 8 nitrogen and oxygen atoms in total. The van der Waals surface area contributed by atoms with Crippen LogP contribution in [0.5, 0.6) is 0 Å². The van der Waals surface area contributed by atoms with Crippen LogP contribution in [0, 0.1) is 6.92 Å². The highest BCUT2D eigenvalue weighted by molar-refractivity contribution is 5.86. The van der Waals surface area contributed by atoms with Gasteiger partial charge in [0.15, 0.2) is 5.69 Å². The molecule has 0 spiro atoms. The fraction of sp³-hybridized carbons (Fsp3) is 0.542. The van der Waals surface area contributed by atoms with E-state index in [1.54, 1.807) is 4.90 Å². The Kier molecular flexibility index (Phi) is 6.24. The molecule has 0 bridgehead atoms. The first-order chi connectivity index (χ1) is 15.3. The third-order valence-electron chi connectivity index (χ3n) is 7.13. The lowest BCUT2D eigenvalue weighted by Crippen LogP contribution is -2.53. The Bertz CT molecular complexity index is 987. The zero-order valence-corrected chi connectivity index (χ0v) is 19.3. The van der Waals surface area contributed by atoms with E-state index in [-0.39, 0.29) is 17.3 Å². The van der Waals surface area contributed by atoms with Crippen molar-refractivity contribution in [1.82, 2.24) is 19.6 Å². The van der Waals surface area contributed by atoms with Crippen molar-refractivity contribution >= 4 is 17.7 Å². The van der Waals surface area contributed by atoms with Crippen LogP contribution in [0.3, 0.4) is 0 Å². The number of aromatic carboxylic acids is 1. The van der Waals surface area contributed by atoms with Crippen molar-refractivity contribution in [2.24, 2.45) is 0 Å². The maximum absolute atomic E-state index is 12.7. The number of rotatable bonds is 5. The van der Waals surface area contributed by atoms with Crippen LogP contribution < -0.4 is 4.90 Å². The van der Waals surface area contributed by atoms with Crippen LogP contribution in [-0.4, -0.2) is 75.5 Å². The SMILES string of the molecule is Cc1ccc(CN(C)C2(C)CCN(C(=O)n3ccc(C(=O)O)n3)CC2)c(N2CCCC2)c1. The van der Waals surface area contributed by atoms with E-state index in [1.165, 1.54) is 41.9 Å². The molecule has 0 atom stereocenters. The van der Waals surface area contributed by atoms with Gasteiger partial charge in [-0.2, -0.15) is 9.78 Å². The van der Waals surface area contributed by atoms with Gasteiger partial charge in [0.05, 0.1) is 0 Å². The summed E-state index contributed by atoms with van der Waals surface area (Å²) < 4.78 is 1.13. The summed E-state index contributed by atoms with van der Waals surface area (Å²) >= 11 is 0. The number of carbonyl (C=O) groups excluding carboxylic acids is 1. The molecule has 3 heterocycles. The number of anilines is 1. The van der Waals surface area contributed by atoms with Gasteiger partial charge in [0.1, 0.15) is 0 Å². The Morgan fingerprint density at radius 1 is 1.12 bits per heavy atom. The summed E-state index contributed by atoms with van der Waals surface area (Å²) in [6.45, 7) is 8.80. The number of piperidine rings is 1. The molecule has 172 valence electrons. The van der Waals surface area contributed by atoms with Crippen molar-refractivity contribution in [3.63, 3.8) is 0 Å². The molecule has 2 aliphatic heterocycles. The number of amides is 1. The van der Waals surface area contributed by atoms with E-state index in [1.807, 2.05) is 0 Å². The quantitative estimate of drug-likeness (QED) is 0.769. The minimum atomic E-state index is -1.13. The van der Waals surface area contributed by atoms with Gasteiger partial charge in [0, 0.05) is 50.1 Å². The third kappa shape index (κ3) is 4.50. The third-order valence-corrected chi connectivity index (χ3v) is 7.13. The van der Waals surface area contributed by atoms with E-state index in [4.69, 9.17) is 5.11 Å². The molecule has 32 heavy (non-hydrogen) atoms. The van der Waals surface area contributed by atoms with E-state index >= 15 is 0 Å². The number of nitrogens with zero attached hydrogens (tertiary/aromatic N) is 5. The van der Waals surface area contributed by atoms with E-state index in [2.05, 4.69) is 54.0 Å². The van der Waals surface area contributed by atoms with Crippen LogP contribution >= 0.6 is 0 Å². The van der Waals surface area contributed by atoms with Gasteiger partial charge in [-0.3, -0.25) is 4.90 Å². The molecule has 0 unspecified atom stereocenters. The maximum atomic E-state index is 12.7. The van der Waals surface area contributed by atoms with Gasteiger partial charge in [-0.05, 0) is 69.8 Å². The highest BCUT2D eigenvalue weighted by Gasteiger charge is 2.36. The van der Waals surface area contributed by atoms with Gasteiger partial charge < -0.3 is 14.9 Å². The number of carbonyl (C=O) groups is 2. The minimum absolute atomic E-state index is 0.0136. The average Bonchev–Trinajstić information content (AvgIpc) is 3.47. The molecule has 0 aliphatic carbocycles. The van der Waals surface area contributed by atoms with Crippen molar-refractivity contribution < 1.29 is 14.7 Å². The molecule has 2 saturated heterocycles. The summed E-state index contributed by atoms with van der Waals surface area (Å²) in [5.41, 5.74) is 3.88. The molecule has 1 aromatic carbocycles. The Morgan fingerprint density at radius 3 is 2.44 bits per heavy atom. The largest absolute Gasteiger partial charge is 0.476 e. The Hall–Kier alpha value is -2.87. The molecule has 2 aromatic rings. The number of likely N-dealkylation sites (tertiary alicyclic amines) is 1. The zero-order chi connectivity index (χ0) is 22.9. The summed E-state index contributed by atoms with van der Waals surface area (Å²) in [5, 5.41) is 12.9. The molecule has 8 heteroatoms. The standard InChI is InChI=1S/C24H33N5O3/c1-18-6-7-19(21(16-18)27-11-4-5-12-27)17-26(3)24(2)9-14-28(15-10-24)23(32)29-13-8-20(25-29)22(30)31/h6-8,13,16H,4-5,9-12,14-15,17H2,1-3H3,(H,30,31). The molecule has 0 radical (unpaired) electrons. The van der Waals surface area contributed by atoms with Gasteiger partial charge >= 0.3 is 12.0 Å². The van der Waals surface area contributed by atoms with Gasteiger partial charge in [-0.25, -0.2) is 9.59 Å². The number of carboxylic acids is 1. The van der Waals surface area contributed by atoms with Gasteiger partial charge in [0.25, 0.3) is 0 Å². The fourth-order valence-corrected chi connectivity index (χ4v) is 4.76. The first kappa shape index (κ1) is 22.3. The predicted molar refractivity (Wildman–Crippen MR) is 123 cm³/mol. The monoisotopic (exact) mass is 439 g/mol. The number of hydrogen-bond donors (Lipinski definition) is 1. The first-order valence-corrected chi connectivity index (χ1v) is 11.4. The van der Waals surface area contributed by atoms with Gasteiger partial charge in [-0.1, -0.05) is 12.1 Å². The highest BCUT2D eigenvalue weighted by Crippen LogP contribution is 2.32. The second-order valence-electron chi connectivity index (χ2n) is 9.40. The lowest BCUT2D eigenvalue weighted by Gasteiger charge is -2.45. The molecule has 2 fully saturated rings. The van der Waals surface area contributed by atoms with Crippen molar-refractivity contribution in [3.8, 4) is 0 Å². The summed E-state index contributed by atoms with van der Waals surface area (Å²) in [4.78, 5) is 30.5. The molecule has 1 amide bonds. The second kappa shape index (κ2) is 8.94. The molecule has 0 saturated carbocycles. The summed E-state index contributed by atoms with van der Waals surface area (Å²) in [7, 11) is 2.18. The topological polar surface area (TPSA) is 81.9 Å². The molecular weight excluding hydrogens is 406 g/mol. The van der Waals surface area contributed by atoms with Crippen molar-refractivity contribution in [2.75, 3.05) is 38.1 Å². The first-order valence-electron chi connectivity index (χ1n) is 11.4. The normalized spacial score (nSPS) is 18.4. The van der Waals surface area contributed by atoms with E-state index < -0.39 is 5.97 Å². The van der Waals surface area contributed by atoms with Crippen LogP contribution in [0.4, 0.5) is 10.5 Å². The maximum Gasteiger partial charge on any atom is 0.356 e. The Balaban J connectivity index is 1.41. The summed E-state index contributed by atoms with van der Waals surface area (Å²) in [6, 6.07) is 7.85. The zero-order valence-electron chi connectivity index (χ0n) is 19.3. The number of aromatic nitrogens is 2. The van der Waals surface area contributed by atoms with Crippen LogP contribution in [0.15, 0.2) is 30.5 Å². The second-order valence-corrected chi connectivity index (χ2v) is 9.40. The molecule has 1 aromatic heterocycles. The van der Waals surface area contributed by atoms with Crippen molar-refractivity contribution in [3.05, 3.63) is 47.3 Å². The summed E-state index contributed by atoms with van der Waals surface area (Å²) in [5.74, 6) is -1.13. The molecule has 4 rings (SSSR count). The smallest absolute Gasteiger partial charge is 0.356 e. The molecular formula is C24H33N5O3. The van der Waals surface area contributed by atoms with E-state index in [0.29, 0.717) is 13.1 Å². The molecule has 1 N–H and O–H groups in total. The van der Waals surface area contributed by atoms with E-state index in [0.717, 1.165) is 37.2 Å². The lowest BCUT2D eigenvalue weighted by atomic mass is 9.87. The average molecular weight is 440 g/mol. The fourth-order valence-electron chi connectivity index (χ4n) is 4.76. The van der Waals surface area contributed by atoms with Gasteiger partial charge in [-0.15, -0.1) is 0 Å². The number of benzene rings is 1. The van der Waals surface area contributed by atoms with E-state index in [9.17, 15) is 9.59 Å². The molecule has 2 aliphatic rings. The predicted octanol–water partition coefficient (Wildman–Crippen LogP) is 3.44. The van der Waals surface area contributed by atoms with Gasteiger partial charge in [0.2, 0.25) is 0 Å². The van der Waals surface area contributed by atoms with Crippen LogP contribution in [0.25, 0.3) is 0 Å². The van der Waals surface area contributed by atoms with Crippen molar-refractivity contribution in [2.45, 2.75) is 51.6 Å². The van der Waals surface area contributed by atoms with Crippen LogP contribution in [-0.2, 0) is 6.54 Å². The Morgan fingerprint density at radius 2 is 1.81 bits per heavy atom.